The van der Waals surface area contributed by atoms with Crippen LogP contribution in [0.3, 0.4) is 0 Å². The summed E-state index contributed by atoms with van der Waals surface area (Å²) in [6.07, 6.45) is 0. The molecule has 1 aliphatic heterocycles. The average molecular weight is 315 g/mol. The molecule has 1 saturated heterocycles. The summed E-state index contributed by atoms with van der Waals surface area (Å²) in [6.45, 7) is 2.45. The number of nitrogens with zero attached hydrogens (tertiary/aromatic N) is 3. The summed E-state index contributed by atoms with van der Waals surface area (Å²) in [5, 5.41) is 7.19. The minimum Gasteiger partial charge on any atom is -0.334 e. The van der Waals surface area contributed by atoms with E-state index in [4.69, 9.17) is 16.1 Å². The highest BCUT2D eigenvalue weighted by atomic mass is 35.5. The van der Waals surface area contributed by atoms with E-state index in [1.165, 1.54) is 0 Å². The summed E-state index contributed by atoms with van der Waals surface area (Å²) in [5.41, 5.74) is 0.181. The predicted molar refractivity (Wildman–Crippen MR) is 72.9 cm³/mol. The molecule has 0 saturated carbocycles. The fourth-order valence-electron chi connectivity index (χ4n) is 2.26. The molecule has 0 spiro atoms. The Morgan fingerprint density at radius 2 is 2.14 bits per heavy atom. The molecule has 2 heterocycles. The van der Waals surface area contributed by atoms with Gasteiger partial charge < -0.3 is 9.84 Å². The molecule has 5 nitrogen and oxygen atoms in total. The zero-order valence-electron chi connectivity index (χ0n) is 11.2. The standard InChI is InChI=1S/C13H13ClF2N4O/c1-20-3-2-17-6-11(20)12-18-13(21-19-12)7-4-9(15)10(16)5-8(7)14/h4-5,11,17H,2-3,6H2,1H3. The van der Waals surface area contributed by atoms with Gasteiger partial charge in [-0.3, -0.25) is 4.90 Å². The van der Waals surface area contributed by atoms with E-state index < -0.39 is 11.6 Å². The molecule has 1 aromatic heterocycles. The van der Waals surface area contributed by atoms with Crippen molar-refractivity contribution in [2.45, 2.75) is 6.04 Å². The number of rotatable bonds is 2. The van der Waals surface area contributed by atoms with Crippen LogP contribution in [0.1, 0.15) is 11.9 Å². The van der Waals surface area contributed by atoms with Crippen LogP contribution in [0, 0.1) is 11.6 Å². The quantitative estimate of drug-likeness (QED) is 0.862. The third-order valence-electron chi connectivity index (χ3n) is 3.49. The lowest BCUT2D eigenvalue weighted by atomic mass is 10.2. The molecule has 1 atom stereocenters. The van der Waals surface area contributed by atoms with Gasteiger partial charge in [0.25, 0.3) is 5.89 Å². The van der Waals surface area contributed by atoms with Crippen LogP contribution < -0.4 is 5.32 Å². The van der Waals surface area contributed by atoms with Crippen molar-refractivity contribution >= 4 is 11.6 Å². The topological polar surface area (TPSA) is 54.2 Å². The highest BCUT2D eigenvalue weighted by Crippen LogP contribution is 2.30. The van der Waals surface area contributed by atoms with Gasteiger partial charge in [-0.05, 0) is 19.2 Å². The number of benzene rings is 1. The molecule has 112 valence electrons. The summed E-state index contributed by atoms with van der Waals surface area (Å²) in [4.78, 5) is 6.35. The van der Waals surface area contributed by atoms with Gasteiger partial charge in [0.2, 0.25) is 0 Å². The van der Waals surface area contributed by atoms with Gasteiger partial charge in [-0.1, -0.05) is 16.8 Å². The zero-order valence-corrected chi connectivity index (χ0v) is 12.0. The first-order chi connectivity index (χ1) is 10.1. The molecule has 1 fully saturated rings. The van der Waals surface area contributed by atoms with Crippen molar-refractivity contribution in [3.8, 4) is 11.5 Å². The van der Waals surface area contributed by atoms with Crippen molar-refractivity contribution in [3.63, 3.8) is 0 Å². The second kappa shape index (κ2) is 5.67. The Bertz CT molecular complexity index is 664. The molecular formula is C13H13ClF2N4O. The zero-order chi connectivity index (χ0) is 15.0. The van der Waals surface area contributed by atoms with Crippen molar-refractivity contribution in [1.29, 1.82) is 0 Å². The number of likely N-dealkylation sites (N-methyl/N-ethyl adjacent to an activating group) is 1. The molecule has 2 aromatic rings. The summed E-state index contributed by atoms with van der Waals surface area (Å²) in [7, 11) is 1.96. The van der Waals surface area contributed by atoms with Crippen LogP contribution in [-0.4, -0.2) is 41.7 Å². The summed E-state index contributed by atoms with van der Waals surface area (Å²) in [6, 6.07) is 1.82. The van der Waals surface area contributed by atoms with Crippen molar-refractivity contribution in [3.05, 3.63) is 34.6 Å². The summed E-state index contributed by atoms with van der Waals surface area (Å²) < 4.78 is 31.5. The first kappa shape index (κ1) is 14.4. The lowest BCUT2D eigenvalue weighted by molar-refractivity contribution is 0.190. The fraction of sp³-hybridized carbons (Fsp3) is 0.385. The van der Waals surface area contributed by atoms with E-state index in [1.54, 1.807) is 0 Å². The van der Waals surface area contributed by atoms with E-state index in [2.05, 4.69) is 20.4 Å². The van der Waals surface area contributed by atoms with Gasteiger partial charge in [-0.25, -0.2) is 8.78 Å². The molecular weight excluding hydrogens is 302 g/mol. The van der Waals surface area contributed by atoms with Gasteiger partial charge in [0.1, 0.15) is 0 Å². The van der Waals surface area contributed by atoms with Gasteiger partial charge in [0.05, 0.1) is 16.6 Å². The normalized spacial score (nSPS) is 19.9. The number of hydrogen-bond acceptors (Lipinski definition) is 5. The monoisotopic (exact) mass is 314 g/mol. The van der Waals surface area contributed by atoms with Crippen LogP contribution >= 0.6 is 11.6 Å². The maximum absolute atomic E-state index is 13.3. The minimum atomic E-state index is -1.01. The molecule has 0 aliphatic carbocycles. The molecule has 1 aromatic carbocycles. The van der Waals surface area contributed by atoms with Gasteiger partial charge >= 0.3 is 0 Å². The van der Waals surface area contributed by atoms with Crippen LogP contribution in [0.25, 0.3) is 11.5 Å². The van der Waals surface area contributed by atoms with E-state index in [9.17, 15) is 8.78 Å². The van der Waals surface area contributed by atoms with Crippen molar-refractivity contribution in [2.75, 3.05) is 26.7 Å². The van der Waals surface area contributed by atoms with Crippen LogP contribution in [-0.2, 0) is 0 Å². The van der Waals surface area contributed by atoms with Gasteiger partial charge in [-0.15, -0.1) is 0 Å². The Morgan fingerprint density at radius 1 is 1.38 bits per heavy atom. The largest absolute Gasteiger partial charge is 0.334 e. The average Bonchev–Trinajstić information content (AvgIpc) is 2.92. The maximum atomic E-state index is 13.3. The van der Waals surface area contributed by atoms with E-state index in [0.29, 0.717) is 12.4 Å². The summed E-state index contributed by atoms with van der Waals surface area (Å²) >= 11 is 5.90. The summed E-state index contributed by atoms with van der Waals surface area (Å²) in [5.74, 6) is -1.46. The highest BCUT2D eigenvalue weighted by molar-refractivity contribution is 6.33. The number of piperazine rings is 1. The first-order valence-corrected chi connectivity index (χ1v) is 6.83. The van der Waals surface area contributed by atoms with E-state index in [-0.39, 0.29) is 22.5 Å². The Labute approximate surface area is 124 Å². The van der Waals surface area contributed by atoms with Gasteiger partial charge in [-0.2, -0.15) is 4.98 Å². The highest BCUT2D eigenvalue weighted by Gasteiger charge is 2.26. The smallest absolute Gasteiger partial charge is 0.259 e. The second-order valence-electron chi connectivity index (χ2n) is 4.90. The van der Waals surface area contributed by atoms with Crippen molar-refractivity contribution in [1.82, 2.24) is 20.4 Å². The lowest BCUT2D eigenvalue weighted by Crippen LogP contribution is -2.44. The van der Waals surface area contributed by atoms with Crippen LogP contribution in [0.4, 0.5) is 8.78 Å². The molecule has 1 unspecified atom stereocenters. The third-order valence-corrected chi connectivity index (χ3v) is 3.80. The van der Waals surface area contributed by atoms with Crippen LogP contribution in [0.5, 0.6) is 0 Å². The molecule has 0 bridgehead atoms. The molecule has 21 heavy (non-hydrogen) atoms. The minimum absolute atomic E-state index is 0.0271. The van der Waals surface area contributed by atoms with E-state index in [0.717, 1.165) is 25.2 Å². The second-order valence-corrected chi connectivity index (χ2v) is 5.31. The Hall–Kier alpha value is -1.57. The Morgan fingerprint density at radius 3 is 2.90 bits per heavy atom. The first-order valence-electron chi connectivity index (χ1n) is 6.45. The predicted octanol–water partition coefficient (Wildman–Crippen LogP) is 2.24. The molecule has 1 N–H and O–H groups in total. The van der Waals surface area contributed by atoms with E-state index in [1.807, 2.05) is 7.05 Å². The third kappa shape index (κ3) is 2.76. The number of hydrogen-bond donors (Lipinski definition) is 1. The molecule has 0 amide bonds. The lowest BCUT2D eigenvalue weighted by Gasteiger charge is -2.30. The number of nitrogens with one attached hydrogen (secondary N) is 1. The number of aromatic nitrogens is 2. The van der Waals surface area contributed by atoms with Crippen molar-refractivity contribution in [2.24, 2.45) is 0 Å². The maximum Gasteiger partial charge on any atom is 0.259 e. The van der Waals surface area contributed by atoms with Gasteiger partial charge in [0.15, 0.2) is 17.5 Å². The molecule has 1 aliphatic rings. The molecule has 0 radical (unpaired) electrons. The molecule has 3 rings (SSSR count). The van der Waals surface area contributed by atoms with Crippen molar-refractivity contribution < 1.29 is 13.3 Å². The van der Waals surface area contributed by atoms with Crippen LogP contribution in [0.2, 0.25) is 5.02 Å². The fourth-order valence-corrected chi connectivity index (χ4v) is 2.49. The van der Waals surface area contributed by atoms with Crippen LogP contribution in [0.15, 0.2) is 16.7 Å². The Kier molecular flexibility index (Phi) is 3.88. The Balaban J connectivity index is 1.93. The van der Waals surface area contributed by atoms with E-state index >= 15 is 0 Å². The number of halogens is 3. The molecule has 8 heteroatoms. The van der Waals surface area contributed by atoms with Gasteiger partial charge in [0, 0.05) is 19.6 Å². The SMILES string of the molecule is CN1CCNCC1c1noc(-c2cc(F)c(F)cc2Cl)n1.